The number of benzene rings is 1. The van der Waals surface area contributed by atoms with Gasteiger partial charge in [-0.1, -0.05) is 24.3 Å². The van der Waals surface area contributed by atoms with E-state index in [-0.39, 0.29) is 23.1 Å². The van der Waals surface area contributed by atoms with E-state index in [1.807, 2.05) is 11.4 Å². The van der Waals surface area contributed by atoms with Crippen molar-refractivity contribution in [2.75, 3.05) is 19.6 Å². The highest BCUT2D eigenvalue weighted by molar-refractivity contribution is 7.88. The number of sulfonamides is 1. The molecule has 1 unspecified atom stereocenters. The number of carbonyl (C=O) groups excluding carboxylic acids is 1. The SMILES string of the molecule is O=C(NCC1CCCN(S(=O)(=O)Cc2ccccc2F)C1)c1cccs1. The van der Waals surface area contributed by atoms with Crippen molar-refractivity contribution < 1.29 is 17.6 Å². The second kappa shape index (κ2) is 8.28. The number of amides is 1. The smallest absolute Gasteiger partial charge is 0.261 e. The summed E-state index contributed by atoms with van der Waals surface area (Å²) in [6.07, 6.45) is 1.59. The molecule has 0 bridgehead atoms. The monoisotopic (exact) mass is 396 g/mol. The van der Waals surface area contributed by atoms with Crippen LogP contribution in [0.1, 0.15) is 28.1 Å². The molecule has 1 aliphatic rings. The molecule has 1 aromatic carbocycles. The molecule has 1 atom stereocenters. The van der Waals surface area contributed by atoms with Gasteiger partial charge in [0.25, 0.3) is 5.91 Å². The summed E-state index contributed by atoms with van der Waals surface area (Å²) in [6, 6.07) is 9.51. The van der Waals surface area contributed by atoms with Crippen LogP contribution in [0.15, 0.2) is 41.8 Å². The molecule has 0 saturated carbocycles. The van der Waals surface area contributed by atoms with Crippen LogP contribution in [0.4, 0.5) is 4.39 Å². The van der Waals surface area contributed by atoms with Gasteiger partial charge in [-0.15, -0.1) is 11.3 Å². The van der Waals surface area contributed by atoms with Crippen LogP contribution in [0.2, 0.25) is 0 Å². The highest BCUT2D eigenvalue weighted by Gasteiger charge is 2.29. The van der Waals surface area contributed by atoms with E-state index in [0.29, 0.717) is 24.5 Å². The molecule has 26 heavy (non-hydrogen) atoms. The Morgan fingerprint density at radius 3 is 2.81 bits per heavy atom. The lowest BCUT2D eigenvalue weighted by atomic mass is 10.00. The van der Waals surface area contributed by atoms with Crippen molar-refractivity contribution in [1.29, 1.82) is 0 Å². The molecule has 140 valence electrons. The van der Waals surface area contributed by atoms with Gasteiger partial charge < -0.3 is 5.32 Å². The Kier molecular flexibility index (Phi) is 6.05. The quantitative estimate of drug-likeness (QED) is 0.817. The Hall–Kier alpha value is -1.77. The summed E-state index contributed by atoms with van der Waals surface area (Å²) < 4.78 is 40.5. The molecule has 1 aromatic heterocycles. The van der Waals surface area contributed by atoms with Crippen molar-refractivity contribution >= 4 is 27.3 Å². The van der Waals surface area contributed by atoms with Gasteiger partial charge in [0.05, 0.1) is 10.6 Å². The Morgan fingerprint density at radius 1 is 1.27 bits per heavy atom. The predicted molar refractivity (Wildman–Crippen MR) is 100.0 cm³/mol. The number of halogens is 1. The molecule has 8 heteroatoms. The molecule has 3 rings (SSSR count). The van der Waals surface area contributed by atoms with Crippen LogP contribution in [-0.2, 0) is 15.8 Å². The third kappa shape index (κ3) is 4.69. The first-order valence-corrected chi connectivity index (χ1v) is 11.0. The van der Waals surface area contributed by atoms with Crippen molar-refractivity contribution in [1.82, 2.24) is 9.62 Å². The van der Waals surface area contributed by atoms with Crippen molar-refractivity contribution in [2.45, 2.75) is 18.6 Å². The molecule has 2 heterocycles. The topological polar surface area (TPSA) is 66.5 Å². The van der Waals surface area contributed by atoms with E-state index in [2.05, 4.69) is 5.32 Å². The van der Waals surface area contributed by atoms with Gasteiger partial charge in [-0.05, 0) is 36.3 Å². The summed E-state index contributed by atoms with van der Waals surface area (Å²) in [4.78, 5) is 12.7. The van der Waals surface area contributed by atoms with Crippen LogP contribution in [0, 0.1) is 11.7 Å². The first-order valence-electron chi connectivity index (χ1n) is 8.48. The lowest BCUT2D eigenvalue weighted by molar-refractivity contribution is 0.0945. The van der Waals surface area contributed by atoms with Gasteiger partial charge in [0.2, 0.25) is 10.0 Å². The fourth-order valence-electron chi connectivity index (χ4n) is 3.08. The normalized spacial score (nSPS) is 18.6. The van der Waals surface area contributed by atoms with Crippen molar-refractivity contribution in [3.8, 4) is 0 Å². The van der Waals surface area contributed by atoms with E-state index in [9.17, 15) is 17.6 Å². The van der Waals surface area contributed by atoms with Gasteiger partial charge in [0, 0.05) is 25.2 Å². The standard InChI is InChI=1S/C18H21FN2O3S2/c19-16-7-2-1-6-15(16)13-26(23,24)21-9-3-5-14(12-21)11-20-18(22)17-8-4-10-25-17/h1-2,4,6-8,10,14H,3,5,9,11-13H2,(H,20,22). The number of nitrogens with zero attached hydrogens (tertiary/aromatic N) is 1. The summed E-state index contributed by atoms with van der Waals surface area (Å²) in [5, 5.41) is 4.72. The number of carbonyl (C=O) groups is 1. The van der Waals surface area contributed by atoms with Crippen molar-refractivity contribution in [3.05, 3.63) is 58.0 Å². The van der Waals surface area contributed by atoms with E-state index < -0.39 is 15.8 Å². The average molecular weight is 397 g/mol. The second-order valence-electron chi connectivity index (χ2n) is 6.40. The largest absolute Gasteiger partial charge is 0.351 e. The molecule has 1 amide bonds. The van der Waals surface area contributed by atoms with Crippen LogP contribution >= 0.6 is 11.3 Å². The zero-order chi connectivity index (χ0) is 18.6. The number of thiophene rings is 1. The third-order valence-electron chi connectivity index (χ3n) is 4.47. The summed E-state index contributed by atoms with van der Waals surface area (Å²) in [5.41, 5.74) is 0.181. The lowest BCUT2D eigenvalue weighted by Crippen LogP contribution is -2.44. The highest BCUT2D eigenvalue weighted by Crippen LogP contribution is 2.22. The van der Waals surface area contributed by atoms with Gasteiger partial charge in [0.15, 0.2) is 0 Å². The van der Waals surface area contributed by atoms with Crippen LogP contribution in [0.25, 0.3) is 0 Å². The Bertz CT molecular complexity index is 853. The molecular weight excluding hydrogens is 375 g/mol. The minimum atomic E-state index is -3.59. The minimum Gasteiger partial charge on any atom is -0.351 e. The van der Waals surface area contributed by atoms with Crippen LogP contribution in [0.3, 0.4) is 0 Å². The van der Waals surface area contributed by atoms with Gasteiger partial charge in [-0.3, -0.25) is 4.79 Å². The first-order chi connectivity index (χ1) is 12.5. The minimum absolute atomic E-state index is 0.0584. The van der Waals surface area contributed by atoms with Crippen LogP contribution < -0.4 is 5.32 Å². The first kappa shape index (κ1) is 19.0. The number of rotatable bonds is 6. The summed E-state index contributed by atoms with van der Waals surface area (Å²) in [5.74, 6) is -0.921. The zero-order valence-corrected chi connectivity index (χ0v) is 15.9. The van der Waals surface area contributed by atoms with Gasteiger partial charge in [-0.25, -0.2) is 17.1 Å². The molecule has 2 aromatic rings. The molecule has 1 fully saturated rings. The zero-order valence-electron chi connectivity index (χ0n) is 14.2. The van der Waals surface area contributed by atoms with Gasteiger partial charge in [0.1, 0.15) is 5.82 Å². The molecule has 0 aliphatic carbocycles. The second-order valence-corrected chi connectivity index (χ2v) is 9.32. The summed E-state index contributed by atoms with van der Waals surface area (Å²) >= 11 is 1.37. The number of hydrogen-bond donors (Lipinski definition) is 1. The van der Waals surface area contributed by atoms with Gasteiger partial charge in [-0.2, -0.15) is 0 Å². The van der Waals surface area contributed by atoms with E-state index in [1.165, 1.54) is 27.8 Å². The summed E-state index contributed by atoms with van der Waals surface area (Å²) in [7, 11) is -3.59. The highest BCUT2D eigenvalue weighted by atomic mass is 32.2. The summed E-state index contributed by atoms with van der Waals surface area (Å²) in [6.45, 7) is 1.22. The lowest BCUT2D eigenvalue weighted by Gasteiger charge is -2.32. The maximum atomic E-state index is 13.8. The fourth-order valence-corrected chi connectivity index (χ4v) is 5.38. The number of hydrogen-bond acceptors (Lipinski definition) is 4. The molecule has 1 N–H and O–H groups in total. The predicted octanol–water partition coefficient (Wildman–Crippen LogP) is 2.86. The number of nitrogens with one attached hydrogen (secondary N) is 1. The molecule has 0 radical (unpaired) electrons. The Morgan fingerprint density at radius 2 is 2.08 bits per heavy atom. The van der Waals surface area contributed by atoms with E-state index in [0.717, 1.165) is 12.8 Å². The maximum Gasteiger partial charge on any atom is 0.261 e. The maximum absolute atomic E-state index is 13.8. The molecule has 0 spiro atoms. The average Bonchev–Trinajstić information content (AvgIpc) is 3.17. The molecule has 1 aliphatic heterocycles. The van der Waals surface area contributed by atoms with Crippen LogP contribution in [-0.4, -0.2) is 38.3 Å². The molecular formula is C18H21FN2O3S2. The van der Waals surface area contributed by atoms with Gasteiger partial charge >= 0.3 is 0 Å². The molecule has 5 nitrogen and oxygen atoms in total. The third-order valence-corrected chi connectivity index (χ3v) is 7.13. The number of piperidine rings is 1. The van der Waals surface area contributed by atoms with Crippen molar-refractivity contribution in [3.63, 3.8) is 0 Å². The van der Waals surface area contributed by atoms with Crippen molar-refractivity contribution in [2.24, 2.45) is 5.92 Å². The van der Waals surface area contributed by atoms with E-state index in [1.54, 1.807) is 18.2 Å². The van der Waals surface area contributed by atoms with E-state index in [4.69, 9.17) is 0 Å². The Labute approximate surface area is 156 Å². The fraction of sp³-hybridized carbons (Fsp3) is 0.389. The van der Waals surface area contributed by atoms with E-state index >= 15 is 0 Å². The Balaban J connectivity index is 1.58. The van der Waals surface area contributed by atoms with Crippen LogP contribution in [0.5, 0.6) is 0 Å². The molecule has 1 saturated heterocycles.